The van der Waals surface area contributed by atoms with Crippen molar-refractivity contribution in [3.05, 3.63) is 75.1 Å². The first-order chi connectivity index (χ1) is 12.0. The molecule has 0 aliphatic rings. The lowest BCUT2D eigenvalue weighted by Crippen LogP contribution is -2.03. The number of rotatable bonds is 5. The molecule has 25 heavy (non-hydrogen) atoms. The Morgan fingerprint density at radius 2 is 1.88 bits per heavy atom. The summed E-state index contributed by atoms with van der Waals surface area (Å²) < 4.78 is 6.74. The molecule has 0 unspecified atom stereocenters. The molecule has 3 aromatic rings. The Morgan fingerprint density at radius 3 is 2.64 bits per heavy atom. The van der Waals surface area contributed by atoms with E-state index in [0.29, 0.717) is 12.4 Å². The lowest BCUT2D eigenvalue weighted by atomic mass is 10.1. The van der Waals surface area contributed by atoms with Gasteiger partial charge in [0.25, 0.3) is 0 Å². The molecule has 0 bridgehead atoms. The van der Waals surface area contributed by atoms with Crippen molar-refractivity contribution in [2.24, 2.45) is 0 Å². The van der Waals surface area contributed by atoms with Crippen LogP contribution in [0.5, 0.6) is 5.75 Å². The van der Waals surface area contributed by atoms with Crippen LogP contribution in [0, 0.1) is 13.8 Å². The Morgan fingerprint density at radius 1 is 1.12 bits per heavy atom. The summed E-state index contributed by atoms with van der Waals surface area (Å²) in [5, 5.41) is 3.52. The van der Waals surface area contributed by atoms with Crippen molar-refractivity contribution in [2.45, 2.75) is 20.5 Å². The van der Waals surface area contributed by atoms with E-state index in [2.05, 4.69) is 31.2 Å². The zero-order valence-electron chi connectivity index (χ0n) is 13.9. The molecule has 6 heteroatoms. The minimum atomic E-state index is 0.192. The van der Waals surface area contributed by atoms with Crippen molar-refractivity contribution < 1.29 is 4.74 Å². The zero-order valence-corrected chi connectivity index (χ0v) is 16.2. The van der Waals surface area contributed by atoms with Crippen molar-refractivity contribution >= 4 is 39.0 Å². The molecule has 0 atom stereocenters. The first-order valence-corrected chi connectivity index (χ1v) is 8.93. The Labute approximate surface area is 160 Å². The number of benzene rings is 2. The van der Waals surface area contributed by atoms with Gasteiger partial charge in [-0.05, 0) is 58.6 Å². The SMILES string of the molecule is Cc1ccc(OCc2ccccc2)c(C)c1Nc1nc(Cl)ncc1Br. The molecule has 128 valence electrons. The number of nitrogens with zero attached hydrogens (tertiary/aromatic N) is 2. The van der Waals surface area contributed by atoms with Crippen molar-refractivity contribution in [1.82, 2.24) is 9.97 Å². The molecule has 0 aliphatic carbocycles. The number of hydrogen-bond donors (Lipinski definition) is 1. The van der Waals surface area contributed by atoms with Crippen LogP contribution in [0.15, 0.2) is 53.1 Å². The topological polar surface area (TPSA) is 47.0 Å². The van der Waals surface area contributed by atoms with Gasteiger partial charge in [-0.2, -0.15) is 4.98 Å². The summed E-state index contributed by atoms with van der Waals surface area (Å²) in [5.41, 5.74) is 4.17. The molecule has 0 fully saturated rings. The van der Waals surface area contributed by atoms with Gasteiger partial charge in [-0.25, -0.2) is 4.98 Å². The number of aromatic nitrogens is 2. The van der Waals surface area contributed by atoms with Gasteiger partial charge in [0.15, 0.2) is 0 Å². The molecule has 3 rings (SSSR count). The second-order valence-corrected chi connectivity index (χ2v) is 6.81. The third-order valence-corrected chi connectivity index (χ3v) is 4.58. The lowest BCUT2D eigenvalue weighted by Gasteiger charge is -2.17. The maximum Gasteiger partial charge on any atom is 0.224 e. The van der Waals surface area contributed by atoms with Gasteiger partial charge in [0.1, 0.15) is 18.2 Å². The van der Waals surface area contributed by atoms with Crippen LogP contribution in [0.25, 0.3) is 0 Å². The molecule has 4 nitrogen and oxygen atoms in total. The van der Waals surface area contributed by atoms with Crippen LogP contribution in [-0.2, 0) is 6.61 Å². The molecule has 0 spiro atoms. The number of hydrogen-bond acceptors (Lipinski definition) is 4. The van der Waals surface area contributed by atoms with E-state index < -0.39 is 0 Å². The molecule has 0 saturated heterocycles. The van der Waals surface area contributed by atoms with E-state index in [-0.39, 0.29) is 5.28 Å². The lowest BCUT2D eigenvalue weighted by molar-refractivity contribution is 0.304. The average Bonchev–Trinajstić information content (AvgIpc) is 2.61. The minimum Gasteiger partial charge on any atom is -0.489 e. The minimum absolute atomic E-state index is 0.192. The van der Waals surface area contributed by atoms with Gasteiger partial charge in [-0.15, -0.1) is 0 Å². The highest BCUT2D eigenvalue weighted by molar-refractivity contribution is 9.10. The third-order valence-electron chi connectivity index (χ3n) is 3.82. The number of aryl methyl sites for hydroxylation is 1. The van der Waals surface area contributed by atoms with Gasteiger partial charge in [0.05, 0.1) is 4.47 Å². The summed E-state index contributed by atoms with van der Waals surface area (Å²) >= 11 is 9.34. The van der Waals surface area contributed by atoms with Gasteiger partial charge in [0, 0.05) is 17.4 Å². The molecular formula is C19H17BrClN3O. The predicted octanol–water partition coefficient (Wildman–Crippen LogP) is 5.83. The fraction of sp³-hybridized carbons (Fsp3) is 0.158. The number of anilines is 2. The molecule has 1 N–H and O–H groups in total. The smallest absolute Gasteiger partial charge is 0.224 e. The van der Waals surface area contributed by atoms with Gasteiger partial charge < -0.3 is 10.1 Å². The van der Waals surface area contributed by atoms with Crippen molar-refractivity contribution in [3.63, 3.8) is 0 Å². The first kappa shape index (κ1) is 17.7. The zero-order chi connectivity index (χ0) is 17.8. The van der Waals surface area contributed by atoms with E-state index in [1.165, 1.54) is 0 Å². The number of nitrogens with one attached hydrogen (secondary N) is 1. The molecular weight excluding hydrogens is 402 g/mol. The van der Waals surface area contributed by atoms with E-state index in [1.54, 1.807) is 6.20 Å². The largest absolute Gasteiger partial charge is 0.489 e. The fourth-order valence-corrected chi connectivity index (χ4v) is 2.89. The molecule has 0 amide bonds. The molecule has 2 aromatic carbocycles. The Kier molecular flexibility index (Phi) is 5.56. The van der Waals surface area contributed by atoms with Crippen LogP contribution < -0.4 is 10.1 Å². The van der Waals surface area contributed by atoms with Crippen LogP contribution in [0.1, 0.15) is 16.7 Å². The Balaban J connectivity index is 1.85. The molecule has 1 heterocycles. The van der Waals surface area contributed by atoms with Crippen molar-refractivity contribution in [3.8, 4) is 5.75 Å². The average molecular weight is 419 g/mol. The standard InChI is InChI=1S/C19H17BrClN3O/c1-12-8-9-16(25-11-14-6-4-3-5-7-14)13(2)17(12)23-18-15(20)10-22-19(21)24-18/h3-10H,11H2,1-2H3,(H,22,23,24). The summed E-state index contributed by atoms with van der Waals surface area (Å²) in [7, 11) is 0. The van der Waals surface area contributed by atoms with Gasteiger partial charge in [-0.3, -0.25) is 0 Å². The molecule has 1 aromatic heterocycles. The summed E-state index contributed by atoms with van der Waals surface area (Å²) in [6.45, 7) is 4.58. The molecule has 0 radical (unpaired) electrons. The summed E-state index contributed by atoms with van der Waals surface area (Å²) in [4.78, 5) is 8.18. The van der Waals surface area contributed by atoms with Gasteiger partial charge >= 0.3 is 0 Å². The fourth-order valence-electron chi connectivity index (χ4n) is 2.46. The van der Waals surface area contributed by atoms with E-state index >= 15 is 0 Å². The number of halogens is 2. The van der Waals surface area contributed by atoms with Crippen molar-refractivity contribution in [2.75, 3.05) is 5.32 Å². The third kappa shape index (κ3) is 4.30. The summed E-state index contributed by atoms with van der Waals surface area (Å²) in [6, 6.07) is 14.1. The first-order valence-electron chi connectivity index (χ1n) is 7.76. The highest BCUT2D eigenvalue weighted by Crippen LogP contribution is 2.33. The van der Waals surface area contributed by atoms with Crippen LogP contribution in [-0.4, -0.2) is 9.97 Å². The summed E-state index contributed by atoms with van der Waals surface area (Å²) in [5.74, 6) is 1.44. The monoisotopic (exact) mass is 417 g/mol. The van der Waals surface area contributed by atoms with E-state index in [4.69, 9.17) is 16.3 Å². The number of ether oxygens (including phenoxy) is 1. The maximum atomic E-state index is 6.00. The maximum absolute atomic E-state index is 6.00. The second-order valence-electron chi connectivity index (χ2n) is 5.62. The van der Waals surface area contributed by atoms with Gasteiger partial charge in [0.2, 0.25) is 5.28 Å². The highest BCUT2D eigenvalue weighted by Gasteiger charge is 2.12. The van der Waals surface area contributed by atoms with Crippen molar-refractivity contribution in [1.29, 1.82) is 0 Å². The van der Waals surface area contributed by atoms with Crippen LogP contribution >= 0.6 is 27.5 Å². The molecule has 0 aliphatic heterocycles. The normalized spacial score (nSPS) is 10.6. The predicted molar refractivity (Wildman–Crippen MR) is 105 cm³/mol. The van der Waals surface area contributed by atoms with E-state index in [1.807, 2.05) is 56.3 Å². The Bertz CT molecular complexity index is 887. The Hall–Kier alpha value is -2.11. The quantitative estimate of drug-likeness (QED) is 0.529. The summed E-state index contributed by atoms with van der Waals surface area (Å²) in [6.07, 6.45) is 1.62. The van der Waals surface area contributed by atoms with Crippen LogP contribution in [0.2, 0.25) is 5.28 Å². The van der Waals surface area contributed by atoms with E-state index in [9.17, 15) is 0 Å². The van der Waals surface area contributed by atoms with Gasteiger partial charge in [-0.1, -0.05) is 36.4 Å². The molecule has 0 saturated carbocycles. The highest BCUT2D eigenvalue weighted by atomic mass is 79.9. The van der Waals surface area contributed by atoms with Crippen LogP contribution in [0.4, 0.5) is 11.5 Å². The van der Waals surface area contributed by atoms with Crippen LogP contribution in [0.3, 0.4) is 0 Å². The van der Waals surface area contributed by atoms with E-state index in [0.717, 1.165) is 32.6 Å². The second kappa shape index (κ2) is 7.85.